The molecule has 1 aliphatic carbocycles. The summed E-state index contributed by atoms with van der Waals surface area (Å²) in [6.07, 6.45) is -0.985. The molecule has 3 rings (SSSR count). The maximum absolute atomic E-state index is 11.5. The molecule has 2 aliphatic heterocycles. The highest BCUT2D eigenvalue weighted by Crippen LogP contribution is 2.36. The molecule has 0 aromatic heterocycles. The summed E-state index contributed by atoms with van der Waals surface area (Å²) in [5, 5.41) is 41.7. The van der Waals surface area contributed by atoms with Crippen LogP contribution in [0, 0.1) is 5.92 Å². The van der Waals surface area contributed by atoms with Crippen molar-refractivity contribution in [1.82, 2.24) is 16.0 Å². The number of hydrogen-bond acceptors (Lipinski definition) is 12. The van der Waals surface area contributed by atoms with Gasteiger partial charge in [-0.15, -0.1) is 0 Å². The fourth-order valence-corrected chi connectivity index (χ4v) is 5.51. The van der Waals surface area contributed by atoms with E-state index in [-0.39, 0.29) is 6.61 Å². The summed E-state index contributed by atoms with van der Waals surface area (Å²) in [4.78, 5) is 11.3. The van der Waals surface area contributed by atoms with Crippen molar-refractivity contribution in [2.45, 2.75) is 86.7 Å². The van der Waals surface area contributed by atoms with Crippen molar-refractivity contribution in [1.29, 1.82) is 0 Å². The van der Waals surface area contributed by atoms with Gasteiger partial charge in [0, 0.05) is 18.0 Å². The lowest BCUT2D eigenvalue weighted by atomic mass is 9.72. The highest BCUT2D eigenvalue weighted by atomic mass is 16.7. The van der Waals surface area contributed by atoms with Crippen LogP contribution in [0.2, 0.25) is 0 Å². The minimum absolute atomic E-state index is 0.0975. The number of ether oxygens (including phenoxy) is 3. The number of carbonyl (C=O) groups is 1. The summed E-state index contributed by atoms with van der Waals surface area (Å²) < 4.78 is 17.9. The number of likely N-dealkylation sites (N-methyl/N-ethyl adjacent to an activating group) is 1. The standard InChI is InChI=1S/C23H44N6O7/c1-23(33)10-34-22(18(32)21(23)27-2)36-20-15(29-11-30)8-14(26)16(17(20)31)19-13(25)5-4-12(35-19)9-28-7-3-6-24/h4,11,13-22,27-28,31-33H,3,5-10,24-26H2,1-2H3,(H,29,30). The predicted octanol–water partition coefficient (Wildman–Crippen LogP) is -3.81. The first-order valence-electron chi connectivity index (χ1n) is 12.6. The Kier molecular flexibility index (Phi) is 10.5. The Morgan fingerprint density at radius 1 is 1.28 bits per heavy atom. The first-order chi connectivity index (χ1) is 17.1. The third-order valence-corrected chi connectivity index (χ3v) is 7.43. The van der Waals surface area contributed by atoms with Gasteiger partial charge in [0.25, 0.3) is 0 Å². The summed E-state index contributed by atoms with van der Waals surface area (Å²) >= 11 is 0. The number of aliphatic hydroxyl groups is 3. The molecular formula is C23H44N6O7. The highest BCUT2D eigenvalue weighted by Gasteiger charge is 2.53. The quantitative estimate of drug-likeness (QED) is 0.0953. The normalized spacial score (nSPS) is 43.4. The van der Waals surface area contributed by atoms with E-state index in [0.717, 1.165) is 13.0 Å². The van der Waals surface area contributed by atoms with Crippen molar-refractivity contribution in [3.63, 3.8) is 0 Å². The maximum Gasteiger partial charge on any atom is 0.207 e. The van der Waals surface area contributed by atoms with Gasteiger partial charge < -0.3 is 62.7 Å². The zero-order valence-corrected chi connectivity index (χ0v) is 21.1. The van der Waals surface area contributed by atoms with Crippen LogP contribution in [0.25, 0.3) is 0 Å². The lowest BCUT2D eigenvalue weighted by Crippen LogP contribution is -2.69. The Morgan fingerprint density at radius 2 is 2.03 bits per heavy atom. The fraction of sp³-hybridized carbons (Fsp3) is 0.870. The van der Waals surface area contributed by atoms with E-state index in [0.29, 0.717) is 38.1 Å². The van der Waals surface area contributed by atoms with E-state index < -0.39 is 66.4 Å². The smallest absolute Gasteiger partial charge is 0.207 e. The molecule has 13 nitrogen and oxygen atoms in total. The molecule has 3 aliphatic rings. The molecule has 0 radical (unpaired) electrons. The second-order valence-electron chi connectivity index (χ2n) is 10.2. The van der Waals surface area contributed by atoms with E-state index in [1.54, 1.807) is 14.0 Å². The molecule has 11 atom stereocenters. The van der Waals surface area contributed by atoms with Gasteiger partial charge in [0.05, 0.1) is 31.3 Å². The van der Waals surface area contributed by atoms with E-state index in [1.165, 1.54) is 0 Å². The molecule has 2 fully saturated rings. The van der Waals surface area contributed by atoms with Crippen LogP contribution in [-0.2, 0) is 19.0 Å². The van der Waals surface area contributed by atoms with Crippen molar-refractivity contribution < 1.29 is 34.3 Å². The summed E-state index contributed by atoms with van der Waals surface area (Å²) in [7, 11) is 1.61. The summed E-state index contributed by atoms with van der Waals surface area (Å²) in [5.41, 5.74) is 17.1. The molecule has 0 spiro atoms. The summed E-state index contributed by atoms with van der Waals surface area (Å²) in [5.74, 6) is 0.111. The van der Waals surface area contributed by atoms with Gasteiger partial charge in [0.1, 0.15) is 29.7 Å². The van der Waals surface area contributed by atoms with Gasteiger partial charge in [0.15, 0.2) is 6.29 Å². The third-order valence-electron chi connectivity index (χ3n) is 7.43. The van der Waals surface area contributed by atoms with Gasteiger partial charge in [0.2, 0.25) is 6.41 Å². The zero-order valence-electron chi connectivity index (χ0n) is 21.1. The van der Waals surface area contributed by atoms with Crippen LogP contribution in [0.4, 0.5) is 0 Å². The number of rotatable bonds is 11. The first kappa shape index (κ1) is 29.2. The number of aliphatic hydroxyl groups excluding tert-OH is 2. The van der Waals surface area contributed by atoms with Crippen LogP contribution in [-0.4, -0.2) is 115 Å². The van der Waals surface area contributed by atoms with Crippen LogP contribution in [0.5, 0.6) is 0 Å². The average molecular weight is 517 g/mol. The average Bonchev–Trinajstić information content (AvgIpc) is 2.82. The second kappa shape index (κ2) is 12.9. The monoisotopic (exact) mass is 516 g/mol. The Morgan fingerprint density at radius 3 is 2.69 bits per heavy atom. The topological polar surface area (TPSA) is 220 Å². The fourth-order valence-electron chi connectivity index (χ4n) is 5.51. The molecule has 1 saturated heterocycles. The van der Waals surface area contributed by atoms with E-state index in [9.17, 15) is 20.1 Å². The van der Waals surface area contributed by atoms with Crippen molar-refractivity contribution in [3.05, 3.63) is 11.8 Å². The van der Waals surface area contributed by atoms with Crippen LogP contribution in [0.1, 0.15) is 26.2 Å². The molecule has 1 amide bonds. The molecule has 0 aromatic carbocycles. The van der Waals surface area contributed by atoms with Crippen LogP contribution in [0.15, 0.2) is 11.8 Å². The Balaban J connectivity index is 1.76. The van der Waals surface area contributed by atoms with Crippen molar-refractivity contribution in [3.8, 4) is 0 Å². The summed E-state index contributed by atoms with van der Waals surface area (Å²) in [6, 6.07) is -2.31. The van der Waals surface area contributed by atoms with Gasteiger partial charge >= 0.3 is 0 Å². The molecule has 0 bridgehead atoms. The van der Waals surface area contributed by atoms with Gasteiger partial charge in [-0.05, 0) is 52.4 Å². The maximum atomic E-state index is 11.5. The first-order valence-corrected chi connectivity index (χ1v) is 12.6. The molecule has 36 heavy (non-hydrogen) atoms. The van der Waals surface area contributed by atoms with E-state index >= 15 is 0 Å². The largest absolute Gasteiger partial charge is 0.492 e. The molecule has 0 aromatic rings. The Labute approximate surface area is 212 Å². The predicted molar refractivity (Wildman–Crippen MR) is 131 cm³/mol. The molecule has 11 unspecified atom stereocenters. The van der Waals surface area contributed by atoms with Gasteiger partial charge in [-0.3, -0.25) is 4.79 Å². The molecule has 208 valence electrons. The van der Waals surface area contributed by atoms with E-state index in [2.05, 4.69) is 16.0 Å². The molecule has 2 heterocycles. The number of amides is 1. The summed E-state index contributed by atoms with van der Waals surface area (Å²) in [6.45, 7) is 3.29. The number of nitrogens with two attached hydrogens (primary N) is 3. The third kappa shape index (κ3) is 6.54. The van der Waals surface area contributed by atoms with Gasteiger partial charge in [-0.2, -0.15) is 0 Å². The molecule has 1 saturated carbocycles. The Bertz CT molecular complexity index is 744. The van der Waals surface area contributed by atoms with Crippen LogP contribution in [0.3, 0.4) is 0 Å². The van der Waals surface area contributed by atoms with E-state index in [1.807, 2.05) is 6.08 Å². The molecule has 13 heteroatoms. The van der Waals surface area contributed by atoms with Gasteiger partial charge in [-0.1, -0.05) is 0 Å². The van der Waals surface area contributed by atoms with Crippen molar-refractivity contribution in [2.75, 3.05) is 33.3 Å². The lowest BCUT2D eigenvalue weighted by molar-refractivity contribution is -0.297. The van der Waals surface area contributed by atoms with E-state index in [4.69, 9.17) is 31.4 Å². The van der Waals surface area contributed by atoms with Gasteiger partial charge in [-0.25, -0.2) is 0 Å². The van der Waals surface area contributed by atoms with Crippen LogP contribution >= 0.6 is 0 Å². The van der Waals surface area contributed by atoms with Crippen LogP contribution < -0.4 is 33.2 Å². The minimum atomic E-state index is -1.33. The lowest BCUT2D eigenvalue weighted by Gasteiger charge is -2.50. The van der Waals surface area contributed by atoms with Crippen molar-refractivity contribution in [2.24, 2.45) is 23.1 Å². The highest BCUT2D eigenvalue weighted by molar-refractivity contribution is 5.47. The second-order valence-corrected chi connectivity index (χ2v) is 10.2. The Hall–Kier alpha value is -1.39. The zero-order chi connectivity index (χ0) is 26.5. The molecule has 12 N–H and O–H groups in total. The van der Waals surface area contributed by atoms with Crippen molar-refractivity contribution >= 4 is 6.41 Å². The number of hydrogen-bond donors (Lipinski definition) is 9. The number of nitrogens with one attached hydrogen (secondary N) is 3. The number of carbonyl (C=O) groups excluding carboxylic acids is 1. The minimum Gasteiger partial charge on any atom is -0.492 e. The SMILES string of the molecule is CNC1C(O)C(OC2C(NC=O)CC(N)C(C3OC(CNCCCN)=CCC3N)C2O)OCC1(C)O. The molecular weight excluding hydrogens is 472 g/mol.